The maximum atomic E-state index is 13.8. The molecule has 2 amide bonds. The van der Waals surface area contributed by atoms with Gasteiger partial charge in [-0.2, -0.15) is 5.10 Å². The van der Waals surface area contributed by atoms with E-state index in [9.17, 15) is 18.8 Å². The minimum atomic E-state index is -1.10. The van der Waals surface area contributed by atoms with Crippen LogP contribution in [0.1, 0.15) is 22.1 Å². The third-order valence-corrected chi connectivity index (χ3v) is 6.97. The van der Waals surface area contributed by atoms with E-state index in [2.05, 4.69) is 5.10 Å². The van der Waals surface area contributed by atoms with Crippen LogP contribution >= 0.6 is 0 Å². The van der Waals surface area contributed by atoms with Crippen molar-refractivity contribution in [3.63, 3.8) is 0 Å². The first-order valence-corrected chi connectivity index (χ1v) is 12.4. The highest BCUT2D eigenvalue weighted by molar-refractivity contribution is 6.23. The number of imide groups is 1. The molecule has 0 aliphatic carbocycles. The molecule has 0 bridgehead atoms. The summed E-state index contributed by atoms with van der Waals surface area (Å²) in [6.07, 6.45) is 0.386. The van der Waals surface area contributed by atoms with Gasteiger partial charge in [-0.25, -0.2) is 19.1 Å². The minimum Gasteiger partial charge on any atom is -0.493 e. The third kappa shape index (κ3) is 4.16. The summed E-state index contributed by atoms with van der Waals surface area (Å²) < 4.78 is 26.0. The SMILES string of the molecule is COc1cc([C@@H]2[C@H]3C(=O)N(c4ccc(F)cc4)C(=O)[C@H]3ON2c2ccccc2)ccc1OC(=O)c1ccnn1C. The number of nitrogens with zero attached hydrogens (tertiary/aromatic N) is 4. The molecule has 0 radical (unpaired) electrons. The number of halogens is 1. The number of aryl methyl sites for hydroxylation is 1. The van der Waals surface area contributed by atoms with Gasteiger partial charge in [0.05, 0.1) is 24.5 Å². The predicted octanol–water partition coefficient (Wildman–Crippen LogP) is 3.84. The maximum Gasteiger partial charge on any atom is 0.362 e. The Morgan fingerprint density at radius 1 is 0.925 bits per heavy atom. The highest BCUT2D eigenvalue weighted by Gasteiger charge is 2.60. The summed E-state index contributed by atoms with van der Waals surface area (Å²) in [5.74, 6) is -2.62. The van der Waals surface area contributed by atoms with Crippen LogP contribution in [0.2, 0.25) is 0 Å². The van der Waals surface area contributed by atoms with Crippen molar-refractivity contribution >= 4 is 29.2 Å². The zero-order valence-electron chi connectivity index (χ0n) is 21.4. The standard InChI is InChI=1S/C29H23FN4O6/c1-32-21(14-15-31-32)29(37)39-22-13-8-17(16-23(22)38-2)25-24-26(40-34(25)20-6-4-3-5-7-20)28(36)33(27(24)35)19-11-9-18(30)10-12-19/h3-16,24-26H,1-2H3/t24-,25-,26+/m1/s1. The number of hydroxylamine groups is 1. The molecular weight excluding hydrogens is 519 g/mol. The fourth-order valence-electron chi connectivity index (χ4n) is 5.08. The summed E-state index contributed by atoms with van der Waals surface area (Å²) in [6.45, 7) is 0. The van der Waals surface area contributed by atoms with Gasteiger partial charge in [0, 0.05) is 13.2 Å². The number of para-hydroxylation sites is 1. The molecule has 2 saturated heterocycles. The van der Waals surface area contributed by atoms with Gasteiger partial charge in [0.15, 0.2) is 17.6 Å². The summed E-state index contributed by atoms with van der Waals surface area (Å²) in [5.41, 5.74) is 1.75. The van der Waals surface area contributed by atoms with Crippen LogP contribution in [0.4, 0.5) is 15.8 Å². The summed E-state index contributed by atoms with van der Waals surface area (Å²) >= 11 is 0. The van der Waals surface area contributed by atoms with E-state index >= 15 is 0 Å². The van der Waals surface area contributed by atoms with Gasteiger partial charge in [-0.3, -0.25) is 19.1 Å². The van der Waals surface area contributed by atoms with Crippen molar-refractivity contribution in [1.29, 1.82) is 0 Å². The molecule has 1 aromatic heterocycles. The van der Waals surface area contributed by atoms with E-state index in [0.29, 0.717) is 11.3 Å². The highest BCUT2D eigenvalue weighted by atomic mass is 19.1. The highest BCUT2D eigenvalue weighted by Crippen LogP contribution is 2.48. The van der Waals surface area contributed by atoms with Gasteiger partial charge in [0.1, 0.15) is 17.4 Å². The van der Waals surface area contributed by atoms with E-state index in [1.165, 1.54) is 48.3 Å². The molecule has 10 nitrogen and oxygen atoms in total. The molecule has 11 heteroatoms. The van der Waals surface area contributed by atoms with Gasteiger partial charge in [0.2, 0.25) is 5.91 Å². The number of amides is 2. The molecule has 3 heterocycles. The normalized spacial score (nSPS) is 20.1. The lowest BCUT2D eigenvalue weighted by atomic mass is 9.90. The van der Waals surface area contributed by atoms with Gasteiger partial charge in [-0.1, -0.05) is 24.3 Å². The van der Waals surface area contributed by atoms with Crippen LogP contribution in [0.3, 0.4) is 0 Å². The molecule has 40 heavy (non-hydrogen) atoms. The fourth-order valence-corrected chi connectivity index (χ4v) is 5.08. The van der Waals surface area contributed by atoms with Crippen LogP contribution in [0, 0.1) is 11.7 Å². The second kappa shape index (κ2) is 9.93. The van der Waals surface area contributed by atoms with Crippen molar-refractivity contribution in [2.24, 2.45) is 13.0 Å². The van der Waals surface area contributed by atoms with Crippen LogP contribution < -0.4 is 19.4 Å². The first kappa shape index (κ1) is 25.3. The van der Waals surface area contributed by atoms with Crippen molar-refractivity contribution in [3.05, 3.63) is 102 Å². The average Bonchev–Trinajstić information content (AvgIpc) is 3.64. The van der Waals surface area contributed by atoms with E-state index in [4.69, 9.17) is 14.3 Å². The van der Waals surface area contributed by atoms with Crippen LogP contribution in [0.15, 0.2) is 85.1 Å². The maximum absolute atomic E-state index is 13.8. The number of rotatable bonds is 6. The number of esters is 1. The smallest absolute Gasteiger partial charge is 0.362 e. The Bertz CT molecular complexity index is 1610. The summed E-state index contributed by atoms with van der Waals surface area (Å²) in [7, 11) is 3.06. The van der Waals surface area contributed by atoms with E-state index in [1.807, 2.05) is 30.3 Å². The number of anilines is 2. The molecule has 202 valence electrons. The number of benzene rings is 3. The molecule has 0 unspecified atom stereocenters. The molecule has 4 aromatic rings. The lowest BCUT2D eigenvalue weighted by molar-refractivity contribution is -0.126. The quantitative estimate of drug-likeness (QED) is 0.206. The molecule has 6 rings (SSSR count). The molecule has 0 N–H and O–H groups in total. The van der Waals surface area contributed by atoms with Crippen LogP contribution in [-0.2, 0) is 21.5 Å². The van der Waals surface area contributed by atoms with Crippen molar-refractivity contribution in [1.82, 2.24) is 9.78 Å². The van der Waals surface area contributed by atoms with Crippen molar-refractivity contribution in [2.75, 3.05) is 17.1 Å². The Balaban J connectivity index is 1.38. The Morgan fingerprint density at radius 2 is 1.68 bits per heavy atom. The Morgan fingerprint density at radius 3 is 2.35 bits per heavy atom. The molecule has 3 aromatic carbocycles. The van der Waals surface area contributed by atoms with Crippen LogP contribution in [-0.4, -0.2) is 40.8 Å². The lowest BCUT2D eigenvalue weighted by Crippen LogP contribution is -2.37. The Labute approximate surface area is 228 Å². The number of aromatic nitrogens is 2. The molecule has 0 saturated carbocycles. The minimum absolute atomic E-state index is 0.168. The van der Waals surface area contributed by atoms with Crippen molar-refractivity contribution in [3.8, 4) is 11.5 Å². The predicted molar refractivity (Wildman–Crippen MR) is 140 cm³/mol. The van der Waals surface area contributed by atoms with Gasteiger partial charge in [-0.15, -0.1) is 0 Å². The molecule has 2 aliphatic heterocycles. The van der Waals surface area contributed by atoms with Crippen LogP contribution in [0.25, 0.3) is 0 Å². The number of carbonyl (C=O) groups is 3. The average molecular weight is 543 g/mol. The fraction of sp³-hybridized carbons (Fsp3) is 0.172. The van der Waals surface area contributed by atoms with E-state index < -0.39 is 41.7 Å². The number of methoxy groups -OCH3 is 1. The summed E-state index contributed by atoms with van der Waals surface area (Å²) in [6, 6.07) is 19.9. The Hall–Kier alpha value is -5.03. The zero-order chi connectivity index (χ0) is 28.0. The number of carbonyl (C=O) groups excluding carboxylic acids is 3. The molecule has 3 atom stereocenters. The van der Waals surface area contributed by atoms with Gasteiger partial charge >= 0.3 is 5.97 Å². The number of ether oxygens (including phenoxy) is 2. The largest absolute Gasteiger partial charge is 0.493 e. The van der Waals surface area contributed by atoms with Gasteiger partial charge in [0.25, 0.3) is 5.91 Å². The lowest BCUT2D eigenvalue weighted by Gasteiger charge is -2.29. The second-order valence-corrected chi connectivity index (χ2v) is 9.29. The summed E-state index contributed by atoms with van der Waals surface area (Å²) in [4.78, 5) is 47.1. The first-order valence-electron chi connectivity index (χ1n) is 12.4. The Kier molecular flexibility index (Phi) is 6.27. The van der Waals surface area contributed by atoms with Crippen molar-refractivity contribution < 1.29 is 33.1 Å². The van der Waals surface area contributed by atoms with Crippen molar-refractivity contribution in [2.45, 2.75) is 12.1 Å². The molecule has 0 spiro atoms. The van der Waals surface area contributed by atoms with Gasteiger partial charge in [-0.05, 0) is 60.2 Å². The third-order valence-electron chi connectivity index (χ3n) is 6.97. The first-order chi connectivity index (χ1) is 19.4. The number of fused-ring (bicyclic) bond motifs is 1. The van der Waals surface area contributed by atoms with Crippen LogP contribution in [0.5, 0.6) is 11.5 Å². The summed E-state index contributed by atoms with van der Waals surface area (Å²) in [5, 5.41) is 5.53. The monoisotopic (exact) mass is 542 g/mol. The van der Waals surface area contributed by atoms with E-state index in [1.54, 1.807) is 30.3 Å². The molecule has 2 aliphatic rings. The molecule has 2 fully saturated rings. The van der Waals surface area contributed by atoms with Gasteiger partial charge < -0.3 is 9.47 Å². The number of hydrogen-bond acceptors (Lipinski definition) is 8. The van der Waals surface area contributed by atoms with E-state index in [0.717, 1.165) is 4.90 Å². The topological polar surface area (TPSA) is 103 Å². The second-order valence-electron chi connectivity index (χ2n) is 9.29. The zero-order valence-corrected chi connectivity index (χ0v) is 21.4. The molecular formula is C29H23FN4O6. The van der Waals surface area contributed by atoms with E-state index in [-0.39, 0.29) is 22.9 Å². The number of hydrogen-bond donors (Lipinski definition) is 0.